The van der Waals surface area contributed by atoms with Crippen LogP contribution < -0.4 is 0 Å². The van der Waals surface area contributed by atoms with Gasteiger partial charge in [-0.05, 0) is 51.1 Å². The maximum Gasteiger partial charge on any atom is 0.225 e. The molecule has 0 saturated carbocycles. The Bertz CT molecular complexity index is 457. The third kappa shape index (κ3) is 5.17. The molecular weight excluding hydrogens is 318 g/mol. The van der Waals surface area contributed by atoms with Crippen LogP contribution >= 0.6 is 0 Å². The van der Waals surface area contributed by atoms with Crippen molar-refractivity contribution in [1.82, 2.24) is 14.7 Å². The van der Waals surface area contributed by atoms with E-state index in [0.717, 1.165) is 84.2 Å². The topological polar surface area (TPSA) is 53.1 Å². The summed E-state index contributed by atoms with van der Waals surface area (Å²) >= 11 is 0. The van der Waals surface area contributed by atoms with Crippen molar-refractivity contribution in [2.75, 3.05) is 59.0 Å². The summed E-state index contributed by atoms with van der Waals surface area (Å²) in [5.41, 5.74) is 0. The largest absolute Gasteiger partial charge is 0.381 e. The molecule has 3 aliphatic heterocycles. The summed E-state index contributed by atoms with van der Waals surface area (Å²) in [5.74, 6) is 1.28. The molecule has 3 heterocycles. The highest BCUT2D eigenvalue weighted by molar-refractivity contribution is 5.79. The molecule has 0 aromatic rings. The average Bonchev–Trinajstić information content (AvgIpc) is 3.04. The molecule has 0 aliphatic carbocycles. The fraction of sp³-hybridized carbons (Fsp3) is 0.895. The van der Waals surface area contributed by atoms with Crippen molar-refractivity contribution in [2.24, 2.45) is 11.8 Å². The molecule has 3 saturated heterocycles. The predicted octanol–water partition coefficient (Wildman–Crippen LogP) is 1.21. The van der Waals surface area contributed by atoms with E-state index in [1.54, 1.807) is 6.92 Å². The molecule has 3 rings (SSSR count). The number of amides is 2. The molecule has 142 valence electrons. The molecular formula is C19H33N3O3. The van der Waals surface area contributed by atoms with Gasteiger partial charge < -0.3 is 19.4 Å². The van der Waals surface area contributed by atoms with Crippen LogP contribution in [0.15, 0.2) is 0 Å². The lowest BCUT2D eigenvalue weighted by Crippen LogP contribution is -2.44. The highest BCUT2D eigenvalue weighted by atomic mass is 16.5. The summed E-state index contributed by atoms with van der Waals surface area (Å²) < 4.78 is 5.46. The van der Waals surface area contributed by atoms with Crippen LogP contribution in [-0.2, 0) is 14.3 Å². The first-order valence-electron chi connectivity index (χ1n) is 9.98. The minimum absolute atomic E-state index is 0.109. The number of carbonyl (C=O) groups is 2. The van der Waals surface area contributed by atoms with Crippen molar-refractivity contribution in [2.45, 2.75) is 39.0 Å². The van der Waals surface area contributed by atoms with Crippen LogP contribution in [0.25, 0.3) is 0 Å². The zero-order chi connectivity index (χ0) is 17.6. The number of hydrogen-bond donors (Lipinski definition) is 0. The van der Waals surface area contributed by atoms with E-state index in [0.29, 0.717) is 5.91 Å². The van der Waals surface area contributed by atoms with Crippen molar-refractivity contribution >= 4 is 11.8 Å². The van der Waals surface area contributed by atoms with Crippen molar-refractivity contribution in [3.63, 3.8) is 0 Å². The summed E-state index contributed by atoms with van der Waals surface area (Å²) in [4.78, 5) is 30.7. The molecule has 1 atom stereocenters. The maximum atomic E-state index is 12.8. The SMILES string of the molecule is CC(=O)N1CCC(C(=O)N2CCCN(CCC3CCOC3)CC2)CC1. The minimum Gasteiger partial charge on any atom is -0.381 e. The first kappa shape index (κ1) is 18.6. The second-order valence-electron chi connectivity index (χ2n) is 7.82. The van der Waals surface area contributed by atoms with Crippen molar-refractivity contribution in [3.05, 3.63) is 0 Å². The van der Waals surface area contributed by atoms with Crippen LogP contribution in [-0.4, -0.2) is 85.5 Å². The lowest BCUT2D eigenvalue weighted by Gasteiger charge is -2.33. The van der Waals surface area contributed by atoms with Gasteiger partial charge in [0, 0.05) is 58.8 Å². The molecule has 2 amide bonds. The Balaban J connectivity index is 1.41. The number of piperidine rings is 1. The summed E-state index contributed by atoms with van der Waals surface area (Å²) in [7, 11) is 0. The van der Waals surface area contributed by atoms with Crippen LogP contribution in [0.1, 0.15) is 39.0 Å². The molecule has 0 aromatic heterocycles. The Kier molecular flexibility index (Phi) is 6.70. The van der Waals surface area contributed by atoms with Crippen LogP contribution in [0.3, 0.4) is 0 Å². The fourth-order valence-electron chi connectivity index (χ4n) is 4.29. The Morgan fingerprint density at radius 2 is 1.76 bits per heavy atom. The van der Waals surface area contributed by atoms with Gasteiger partial charge in [-0.25, -0.2) is 0 Å². The van der Waals surface area contributed by atoms with Gasteiger partial charge in [0.15, 0.2) is 0 Å². The Morgan fingerprint density at radius 3 is 2.44 bits per heavy atom. The third-order valence-corrected chi connectivity index (χ3v) is 6.07. The molecule has 0 N–H and O–H groups in total. The number of rotatable bonds is 4. The van der Waals surface area contributed by atoms with E-state index in [9.17, 15) is 9.59 Å². The van der Waals surface area contributed by atoms with E-state index in [1.807, 2.05) is 4.90 Å². The van der Waals surface area contributed by atoms with Crippen LogP contribution in [0.2, 0.25) is 0 Å². The second kappa shape index (κ2) is 8.99. The molecule has 3 fully saturated rings. The molecule has 1 unspecified atom stereocenters. The van der Waals surface area contributed by atoms with Gasteiger partial charge in [0.05, 0.1) is 0 Å². The predicted molar refractivity (Wildman–Crippen MR) is 96.2 cm³/mol. The highest BCUT2D eigenvalue weighted by Crippen LogP contribution is 2.21. The van der Waals surface area contributed by atoms with Gasteiger partial charge in [0.1, 0.15) is 0 Å². The first-order chi connectivity index (χ1) is 12.1. The van der Waals surface area contributed by atoms with Gasteiger partial charge in [0.25, 0.3) is 0 Å². The van der Waals surface area contributed by atoms with E-state index >= 15 is 0 Å². The average molecular weight is 351 g/mol. The smallest absolute Gasteiger partial charge is 0.225 e. The number of hydrogen-bond acceptors (Lipinski definition) is 4. The second-order valence-corrected chi connectivity index (χ2v) is 7.82. The molecule has 0 spiro atoms. The van der Waals surface area contributed by atoms with Crippen LogP contribution in [0.5, 0.6) is 0 Å². The maximum absolute atomic E-state index is 12.8. The lowest BCUT2D eigenvalue weighted by atomic mass is 9.95. The van der Waals surface area contributed by atoms with E-state index in [4.69, 9.17) is 4.74 Å². The van der Waals surface area contributed by atoms with Crippen LogP contribution in [0, 0.1) is 11.8 Å². The Hall–Kier alpha value is -1.14. The first-order valence-corrected chi connectivity index (χ1v) is 9.98. The Morgan fingerprint density at radius 1 is 0.960 bits per heavy atom. The third-order valence-electron chi connectivity index (χ3n) is 6.07. The van der Waals surface area contributed by atoms with Crippen molar-refractivity contribution in [1.29, 1.82) is 0 Å². The zero-order valence-electron chi connectivity index (χ0n) is 15.6. The van der Waals surface area contributed by atoms with E-state index in [-0.39, 0.29) is 11.8 Å². The molecule has 6 nitrogen and oxygen atoms in total. The van der Waals surface area contributed by atoms with E-state index in [2.05, 4.69) is 9.80 Å². The van der Waals surface area contributed by atoms with E-state index in [1.165, 1.54) is 12.8 Å². The van der Waals surface area contributed by atoms with Gasteiger partial charge in [-0.15, -0.1) is 0 Å². The number of carbonyl (C=O) groups excluding carboxylic acids is 2. The van der Waals surface area contributed by atoms with Gasteiger partial charge in [-0.2, -0.15) is 0 Å². The minimum atomic E-state index is 0.109. The van der Waals surface area contributed by atoms with Gasteiger partial charge in [-0.3, -0.25) is 9.59 Å². The van der Waals surface area contributed by atoms with Crippen molar-refractivity contribution < 1.29 is 14.3 Å². The Labute approximate surface area is 151 Å². The zero-order valence-corrected chi connectivity index (χ0v) is 15.6. The number of nitrogens with zero attached hydrogens (tertiary/aromatic N) is 3. The summed E-state index contributed by atoms with van der Waals surface area (Å²) in [6, 6.07) is 0. The van der Waals surface area contributed by atoms with E-state index < -0.39 is 0 Å². The quantitative estimate of drug-likeness (QED) is 0.764. The van der Waals surface area contributed by atoms with Crippen LogP contribution in [0.4, 0.5) is 0 Å². The summed E-state index contributed by atoms with van der Waals surface area (Å²) in [6.07, 6.45) is 5.13. The fourth-order valence-corrected chi connectivity index (χ4v) is 4.29. The van der Waals surface area contributed by atoms with Gasteiger partial charge >= 0.3 is 0 Å². The summed E-state index contributed by atoms with van der Waals surface area (Å²) in [5, 5.41) is 0. The molecule has 0 radical (unpaired) electrons. The molecule has 25 heavy (non-hydrogen) atoms. The molecule has 0 aromatic carbocycles. The highest BCUT2D eigenvalue weighted by Gasteiger charge is 2.30. The molecule has 3 aliphatic rings. The lowest BCUT2D eigenvalue weighted by molar-refractivity contribution is -0.140. The normalized spacial score (nSPS) is 26.7. The monoisotopic (exact) mass is 351 g/mol. The number of likely N-dealkylation sites (tertiary alicyclic amines) is 1. The van der Waals surface area contributed by atoms with Gasteiger partial charge in [0.2, 0.25) is 11.8 Å². The molecule has 6 heteroatoms. The molecule has 0 bridgehead atoms. The standard InChI is InChI=1S/C19H33N3O3/c1-16(23)21-10-4-18(5-11-21)19(24)22-8-2-7-20(12-13-22)9-3-17-6-14-25-15-17/h17-18H,2-15H2,1H3. The van der Waals surface area contributed by atoms with Gasteiger partial charge in [-0.1, -0.05) is 0 Å². The van der Waals surface area contributed by atoms with Crippen molar-refractivity contribution in [3.8, 4) is 0 Å². The number of ether oxygens (including phenoxy) is 1. The summed E-state index contributed by atoms with van der Waals surface area (Å²) in [6.45, 7) is 9.89.